The highest BCUT2D eigenvalue weighted by molar-refractivity contribution is 5.69. The van der Waals surface area contributed by atoms with Crippen molar-refractivity contribution in [2.45, 2.75) is 25.8 Å². The van der Waals surface area contributed by atoms with Crippen molar-refractivity contribution in [2.24, 2.45) is 0 Å². The number of hydrogen-bond acceptors (Lipinski definition) is 3. The van der Waals surface area contributed by atoms with Crippen molar-refractivity contribution in [1.82, 2.24) is 4.90 Å². The number of nitrogens with zero attached hydrogens (tertiary/aromatic N) is 1. The van der Waals surface area contributed by atoms with Crippen LogP contribution in [0, 0.1) is 0 Å². The lowest BCUT2D eigenvalue weighted by Gasteiger charge is -2.28. The lowest BCUT2D eigenvalue weighted by molar-refractivity contribution is -0.140. The molecule has 0 bridgehead atoms. The van der Waals surface area contributed by atoms with Crippen molar-refractivity contribution in [3.8, 4) is 0 Å². The van der Waals surface area contributed by atoms with Crippen molar-refractivity contribution >= 4 is 12.1 Å². The summed E-state index contributed by atoms with van der Waals surface area (Å²) in [4.78, 5) is 23.6. The Bertz CT molecular complexity index is 498. The molecule has 1 heterocycles. The minimum Gasteiger partial charge on any atom is -0.469 e. The third kappa shape index (κ3) is 3.05. The first-order valence-electron chi connectivity index (χ1n) is 6.26. The van der Waals surface area contributed by atoms with E-state index in [1.807, 2.05) is 18.2 Å². The van der Waals surface area contributed by atoms with E-state index in [0.717, 1.165) is 11.1 Å². The average molecular weight is 263 g/mol. The number of amides is 1. The third-order valence-electron chi connectivity index (χ3n) is 3.46. The summed E-state index contributed by atoms with van der Waals surface area (Å²) in [6, 6.07) is 5.86. The largest absolute Gasteiger partial charge is 0.469 e. The predicted molar refractivity (Wildman–Crippen MR) is 68.9 cm³/mol. The molecular formula is C14H17NO4. The second-order valence-electron chi connectivity index (χ2n) is 4.59. The van der Waals surface area contributed by atoms with E-state index in [0.29, 0.717) is 32.4 Å². The third-order valence-corrected chi connectivity index (χ3v) is 3.46. The Morgan fingerprint density at radius 2 is 2.21 bits per heavy atom. The second kappa shape index (κ2) is 5.73. The number of aryl methyl sites for hydroxylation is 1. The molecule has 2 rings (SSSR count). The van der Waals surface area contributed by atoms with Gasteiger partial charge in [0.15, 0.2) is 0 Å². The molecule has 5 nitrogen and oxygen atoms in total. The monoisotopic (exact) mass is 263 g/mol. The molecule has 0 fully saturated rings. The lowest BCUT2D eigenvalue weighted by atomic mass is 9.92. The Kier molecular flexibility index (Phi) is 4.04. The van der Waals surface area contributed by atoms with E-state index < -0.39 is 6.09 Å². The maximum absolute atomic E-state index is 11.2. The fourth-order valence-electron chi connectivity index (χ4n) is 2.42. The molecule has 0 saturated carbocycles. The Balaban J connectivity index is 2.14. The van der Waals surface area contributed by atoms with E-state index in [1.165, 1.54) is 17.6 Å². The Hall–Kier alpha value is -2.04. The normalized spacial score (nSPS) is 13.8. The summed E-state index contributed by atoms with van der Waals surface area (Å²) < 4.78 is 4.64. The number of methoxy groups -OCH3 is 1. The molecule has 1 aliphatic heterocycles. The number of carbonyl (C=O) groups is 2. The molecule has 1 amide bonds. The molecule has 0 spiro atoms. The highest BCUT2D eigenvalue weighted by Crippen LogP contribution is 2.23. The number of carbonyl (C=O) groups excluding carboxylic acids is 1. The number of ether oxygens (including phenoxy) is 1. The van der Waals surface area contributed by atoms with Gasteiger partial charge in [-0.1, -0.05) is 18.2 Å². The van der Waals surface area contributed by atoms with Crippen LogP contribution in [0.15, 0.2) is 18.2 Å². The zero-order valence-corrected chi connectivity index (χ0v) is 10.9. The molecule has 102 valence electrons. The minimum atomic E-state index is -0.884. The number of esters is 1. The Morgan fingerprint density at radius 1 is 1.42 bits per heavy atom. The van der Waals surface area contributed by atoms with E-state index in [-0.39, 0.29) is 5.97 Å². The average Bonchev–Trinajstić information content (AvgIpc) is 2.43. The van der Waals surface area contributed by atoms with Gasteiger partial charge in [0.1, 0.15) is 0 Å². The van der Waals surface area contributed by atoms with Crippen LogP contribution >= 0.6 is 0 Å². The number of carboxylic acid groups (broad SMARTS) is 1. The van der Waals surface area contributed by atoms with Crippen LogP contribution in [0.25, 0.3) is 0 Å². The number of rotatable bonds is 3. The van der Waals surface area contributed by atoms with Crippen LogP contribution in [0.5, 0.6) is 0 Å². The van der Waals surface area contributed by atoms with Crippen molar-refractivity contribution in [3.63, 3.8) is 0 Å². The molecule has 1 aromatic rings. The zero-order valence-electron chi connectivity index (χ0n) is 10.9. The SMILES string of the molecule is COC(=O)CCc1cccc2c1CCN(C(=O)O)C2. The van der Waals surface area contributed by atoms with Gasteiger partial charge < -0.3 is 14.7 Å². The summed E-state index contributed by atoms with van der Waals surface area (Å²) in [5.74, 6) is -0.222. The van der Waals surface area contributed by atoms with Gasteiger partial charge >= 0.3 is 12.1 Å². The molecule has 0 atom stereocenters. The van der Waals surface area contributed by atoms with Crippen LogP contribution in [0.1, 0.15) is 23.1 Å². The van der Waals surface area contributed by atoms with Crippen LogP contribution in [0.2, 0.25) is 0 Å². The van der Waals surface area contributed by atoms with Gasteiger partial charge in [-0.3, -0.25) is 4.79 Å². The van der Waals surface area contributed by atoms with E-state index in [4.69, 9.17) is 5.11 Å². The standard InChI is InChI=1S/C14H17NO4/c1-19-13(16)6-5-10-3-2-4-11-9-15(14(17)18)8-7-12(10)11/h2-4H,5-9H2,1H3,(H,17,18). The quantitative estimate of drug-likeness (QED) is 0.845. The highest BCUT2D eigenvalue weighted by Gasteiger charge is 2.21. The molecule has 1 N–H and O–H groups in total. The van der Waals surface area contributed by atoms with Gasteiger partial charge in [-0.05, 0) is 29.5 Å². The van der Waals surface area contributed by atoms with Crippen molar-refractivity contribution in [2.75, 3.05) is 13.7 Å². The smallest absolute Gasteiger partial charge is 0.407 e. The minimum absolute atomic E-state index is 0.222. The second-order valence-corrected chi connectivity index (χ2v) is 4.59. The maximum Gasteiger partial charge on any atom is 0.407 e. The summed E-state index contributed by atoms with van der Waals surface area (Å²) in [5.41, 5.74) is 3.34. The van der Waals surface area contributed by atoms with Gasteiger partial charge in [0, 0.05) is 19.5 Å². The van der Waals surface area contributed by atoms with E-state index in [9.17, 15) is 9.59 Å². The summed E-state index contributed by atoms with van der Waals surface area (Å²) in [5, 5.41) is 9.01. The van der Waals surface area contributed by atoms with Crippen LogP contribution < -0.4 is 0 Å². The molecule has 0 unspecified atom stereocenters. The van der Waals surface area contributed by atoms with Gasteiger partial charge in [-0.2, -0.15) is 0 Å². The predicted octanol–water partition coefficient (Wildman–Crippen LogP) is 1.83. The molecule has 0 radical (unpaired) electrons. The highest BCUT2D eigenvalue weighted by atomic mass is 16.5. The first-order valence-corrected chi connectivity index (χ1v) is 6.26. The molecule has 1 aliphatic rings. The fraction of sp³-hybridized carbons (Fsp3) is 0.429. The first-order chi connectivity index (χ1) is 9.11. The van der Waals surface area contributed by atoms with E-state index in [2.05, 4.69) is 4.74 Å². The molecule has 0 aromatic heterocycles. The van der Waals surface area contributed by atoms with Crippen LogP contribution in [-0.2, 0) is 28.9 Å². The zero-order chi connectivity index (χ0) is 13.8. The van der Waals surface area contributed by atoms with Crippen LogP contribution in [0.3, 0.4) is 0 Å². The topological polar surface area (TPSA) is 66.8 Å². The molecular weight excluding hydrogens is 246 g/mol. The Morgan fingerprint density at radius 3 is 2.89 bits per heavy atom. The van der Waals surface area contributed by atoms with Crippen molar-refractivity contribution < 1.29 is 19.4 Å². The number of benzene rings is 1. The molecule has 5 heteroatoms. The van der Waals surface area contributed by atoms with Crippen LogP contribution in [0.4, 0.5) is 4.79 Å². The summed E-state index contributed by atoms with van der Waals surface area (Å²) in [6.07, 6.45) is 0.822. The number of fused-ring (bicyclic) bond motifs is 1. The van der Waals surface area contributed by atoms with Gasteiger partial charge in [0.2, 0.25) is 0 Å². The first kappa shape index (κ1) is 13.4. The molecule has 1 aromatic carbocycles. The van der Waals surface area contributed by atoms with Crippen molar-refractivity contribution in [1.29, 1.82) is 0 Å². The van der Waals surface area contributed by atoms with Crippen molar-refractivity contribution in [3.05, 3.63) is 34.9 Å². The van der Waals surface area contributed by atoms with Gasteiger partial charge in [0.25, 0.3) is 0 Å². The maximum atomic E-state index is 11.2. The lowest BCUT2D eigenvalue weighted by Crippen LogP contribution is -2.35. The molecule has 0 saturated heterocycles. The fourth-order valence-corrected chi connectivity index (χ4v) is 2.42. The van der Waals surface area contributed by atoms with Gasteiger partial charge in [-0.15, -0.1) is 0 Å². The van der Waals surface area contributed by atoms with Gasteiger partial charge in [0.05, 0.1) is 7.11 Å². The van der Waals surface area contributed by atoms with E-state index in [1.54, 1.807) is 0 Å². The summed E-state index contributed by atoms with van der Waals surface area (Å²) in [6.45, 7) is 0.939. The Labute approximate surface area is 111 Å². The van der Waals surface area contributed by atoms with Gasteiger partial charge in [-0.25, -0.2) is 4.79 Å². The summed E-state index contributed by atoms with van der Waals surface area (Å²) in [7, 11) is 1.38. The number of hydrogen-bond donors (Lipinski definition) is 1. The summed E-state index contributed by atoms with van der Waals surface area (Å²) >= 11 is 0. The molecule has 0 aliphatic carbocycles. The van der Waals surface area contributed by atoms with E-state index >= 15 is 0 Å². The molecule has 19 heavy (non-hydrogen) atoms. The van der Waals surface area contributed by atoms with Crippen LogP contribution in [-0.4, -0.2) is 35.7 Å².